The first-order chi connectivity index (χ1) is 18.7. The van der Waals surface area contributed by atoms with E-state index in [1.165, 1.54) is 27.4 Å². The van der Waals surface area contributed by atoms with Gasteiger partial charge >= 0.3 is 0 Å². The second-order valence-corrected chi connectivity index (χ2v) is 10.3. The van der Waals surface area contributed by atoms with Gasteiger partial charge in [-0.25, -0.2) is 4.98 Å². The summed E-state index contributed by atoms with van der Waals surface area (Å²) in [5.41, 5.74) is 9.99. The van der Waals surface area contributed by atoms with Crippen molar-refractivity contribution >= 4 is 37.7 Å². The molecule has 0 saturated carbocycles. The van der Waals surface area contributed by atoms with Crippen LogP contribution in [0.1, 0.15) is 0 Å². The van der Waals surface area contributed by atoms with Gasteiger partial charge in [-0.2, -0.15) is 0 Å². The Morgan fingerprint density at radius 2 is 1.03 bits per heavy atom. The van der Waals surface area contributed by atoms with E-state index in [1.54, 1.807) is 0 Å². The molecule has 0 atom stereocenters. The maximum Gasteiger partial charge on any atom is 0.0715 e. The third kappa shape index (κ3) is 4.02. The molecule has 0 unspecified atom stereocenters. The van der Waals surface area contributed by atoms with Gasteiger partial charge in [-0.05, 0) is 59.7 Å². The smallest absolute Gasteiger partial charge is 0.0715 e. The van der Waals surface area contributed by atoms with Crippen LogP contribution >= 0.6 is 15.9 Å². The molecule has 3 heteroatoms. The molecule has 38 heavy (non-hydrogen) atoms. The van der Waals surface area contributed by atoms with Crippen LogP contribution in [0.4, 0.5) is 0 Å². The molecule has 0 aliphatic heterocycles. The molecule has 7 rings (SSSR count). The van der Waals surface area contributed by atoms with Crippen molar-refractivity contribution in [2.75, 3.05) is 0 Å². The van der Waals surface area contributed by atoms with Crippen LogP contribution in [0.2, 0.25) is 0 Å². The zero-order valence-electron chi connectivity index (χ0n) is 20.6. The van der Waals surface area contributed by atoms with E-state index in [0.717, 1.165) is 38.2 Å². The summed E-state index contributed by atoms with van der Waals surface area (Å²) in [6.07, 6.45) is 0. The molecule has 2 nitrogen and oxygen atoms in total. The molecule has 180 valence electrons. The lowest BCUT2D eigenvalue weighted by atomic mass is 10.00. The van der Waals surface area contributed by atoms with Crippen LogP contribution in [0.15, 0.2) is 144 Å². The van der Waals surface area contributed by atoms with Crippen molar-refractivity contribution in [1.82, 2.24) is 9.55 Å². The Morgan fingerprint density at radius 3 is 1.74 bits per heavy atom. The maximum absolute atomic E-state index is 5.09. The number of rotatable bonds is 4. The summed E-state index contributed by atoms with van der Waals surface area (Å²) in [5, 5.41) is 2.49. The predicted molar refractivity (Wildman–Crippen MR) is 163 cm³/mol. The molecular weight excluding hydrogens is 528 g/mol. The Morgan fingerprint density at radius 1 is 0.447 bits per heavy atom. The molecule has 0 spiro atoms. The monoisotopic (exact) mass is 550 g/mol. The average molecular weight is 551 g/mol. The number of benzene rings is 5. The summed E-state index contributed by atoms with van der Waals surface area (Å²) in [6, 6.07) is 49.1. The van der Waals surface area contributed by atoms with Crippen molar-refractivity contribution in [3.63, 3.8) is 0 Å². The van der Waals surface area contributed by atoms with E-state index >= 15 is 0 Å². The van der Waals surface area contributed by atoms with Gasteiger partial charge in [0.25, 0.3) is 0 Å². The standard InChI is InChI=1S/C35H23BrN2/c36-28-17-20-35-31(23-28)30-13-7-8-14-34(30)38(35)29-18-15-26(16-19-29)33-22-27(24-9-3-1-4-10-24)21-32(37-33)25-11-5-2-6-12-25/h1-23H. The highest BCUT2D eigenvalue weighted by Gasteiger charge is 2.13. The van der Waals surface area contributed by atoms with Gasteiger partial charge in [0.2, 0.25) is 0 Å². The Balaban J connectivity index is 1.37. The molecule has 0 fully saturated rings. The minimum absolute atomic E-state index is 0.961. The van der Waals surface area contributed by atoms with Crippen LogP contribution in [0.25, 0.3) is 61.1 Å². The summed E-state index contributed by atoms with van der Waals surface area (Å²) >= 11 is 3.65. The lowest BCUT2D eigenvalue weighted by Crippen LogP contribution is -1.95. The molecule has 0 bridgehead atoms. The second-order valence-electron chi connectivity index (χ2n) is 9.42. The van der Waals surface area contributed by atoms with Crippen molar-refractivity contribution < 1.29 is 0 Å². The van der Waals surface area contributed by atoms with E-state index in [1.807, 2.05) is 6.07 Å². The van der Waals surface area contributed by atoms with E-state index in [4.69, 9.17) is 4.98 Å². The van der Waals surface area contributed by atoms with Crippen molar-refractivity contribution in [3.05, 3.63) is 144 Å². The number of hydrogen-bond acceptors (Lipinski definition) is 1. The van der Waals surface area contributed by atoms with Gasteiger partial charge in [0.05, 0.1) is 22.4 Å². The largest absolute Gasteiger partial charge is 0.309 e. The fourth-order valence-corrected chi connectivity index (χ4v) is 5.60. The number of nitrogens with zero attached hydrogens (tertiary/aromatic N) is 2. The summed E-state index contributed by atoms with van der Waals surface area (Å²) in [5.74, 6) is 0. The third-order valence-corrected chi connectivity index (χ3v) is 7.55. The van der Waals surface area contributed by atoms with Gasteiger partial charge in [-0.3, -0.25) is 0 Å². The van der Waals surface area contributed by atoms with Crippen LogP contribution in [-0.2, 0) is 0 Å². The number of para-hydroxylation sites is 1. The quantitative estimate of drug-likeness (QED) is 0.213. The van der Waals surface area contributed by atoms with Crippen molar-refractivity contribution in [3.8, 4) is 39.3 Å². The molecule has 2 heterocycles. The van der Waals surface area contributed by atoms with Crippen molar-refractivity contribution in [1.29, 1.82) is 0 Å². The minimum Gasteiger partial charge on any atom is -0.309 e. The Hall–Kier alpha value is -4.47. The molecule has 0 amide bonds. The number of hydrogen-bond donors (Lipinski definition) is 0. The fourth-order valence-electron chi connectivity index (χ4n) is 5.24. The molecule has 0 radical (unpaired) electrons. The number of pyridine rings is 1. The number of aromatic nitrogens is 2. The van der Waals surface area contributed by atoms with Gasteiger partial charge in [-0.1, -0.05) is 107 Å². The molecule has 5 aromatic carbocycles. The third-order valence-electron chi connectivity index (χ3n) is 7.06. The molecule has 0 aliphatic rings. The van der Waals surface area contributed by atoms with Crippen LogP contribution in [-0.4, -0.2) is 9.55 Å². The van der Waals surface area contributed by atoms with Gasteiger partial charge < -0.3 is 4.57 Å². The van der Waals surface area contributed by atoms with Crippen LogP contribution in [0.3, 0.4) is 0 Å². The van der Waals surface area contributed by atoms with Crippen LogP contribution < -0.4 is 0 Å². The zero-order chi connectivity index (χ0) is 25.5. The minimum atomic E-state index is 0.961. The van der Waals surface area contributed by atoms with E-state index in [9.17, 15) is 0 Å². The normalized spacial score (nSPS) is 11.3. The first-order valence-corrected chi connectivity index (χ1v) is 13.5. The Bertz CT molecular complexity index is 1850. The number of halogens is 1. The van der Waals surface area contributed by atoms with Gasteiger partial charge in [-0.15, -0.1) is 0 Å². The lowest BCUT2D eigenvalue weighted by molar-refractivity contribution is 1.18. The highest BCUT2D eigenvalue weighted by atomic mass is 79.9. The molecule has 7 aromatic rings. The summed E-state index contributed by atoms with van der Waals surface area (Å²) in [4.78, 5) is 5.09. The Kier molecular flexibility index (Phi) is 5.64. The highest BCUT2D eigenvalue weighted by Crippen LogP contribution is 2.35. The average Bonchev–Trinajstić information content (AvgIpc) is 3.31. The summed E-state index contributed by atoms with van der Waals surface area (Å²) < 4.78 is 3.42. The second kappa shape index (κ2) is 9.44. The SMILES string of the molecule is Brc1ccc2c(c1)c1ccccc1n2-c1ccc(-c2cc(-c3ccccc3)cc(-c3ccccc3)n2)cc1. The first kappa shape index (κ1) is 22.7. The van der Waals surface area contributed by atoms with Crippen LogP contribution in [0, 0.1) is 0 Å². The summed E-state index contributed by atoms with van der Waals surface area (Å²) in [6.45, 7) is 0. The lowest BCUT2D eigenvalue weighted by Gasteiger charge is -2.12. The maximum atomic E-state index is 5.09. The summed E-state index contributed by atoms with van der Waals surface area (Å²) in [7, 11) is 0. The molecular formula is C35H23BrN2. The fraction of sp³-hybridized carbons (Fsp3) is 0. The van der Waals surface area contributed by atoms with Crippen molar-refractivity contribution in [2.24, 2.45) is 0 Å². The van der Waals surface area contributed by atoms with E-state index in [0.29, 0.717) is 0 Å². The first-order valence-electron chi connectivity index (χ1n) is 12.7. The van der Waals surface area contributed by atoms with Gasteiger partial charge in [0, 0.05) is 32.1 Å². The zero-order valence-corrected chi connectivity index (χ0v) is 22.1. The van der Waals surface area contributed by atoms with Gasteiger partial charge in [0.15, 0.2) is 0 Å². The molecule has 0 N–H and O–H groups in total. The van der Waals surface area contributed by atoms with Gasteiger partial charge in [0.1, 0.15) is 0 Å². The van der Waals surface area contributed by atoms with E-state index in [-0.39, 0.29) is 0 Å². The van der Waals surface area contributed by atoms with E-state index in [2.05, 4.69) is 154 Å². The highest BCUT2D eigenvalue weighted by molar-refractivity contribution is 9.10. The Labute approximate surface area is 230 Å². The predicted octanol–water partition coefficient (Wildman–Crippen LogP) is 9.94. The van der Waals surface area contributed by atoms with Crippen LogP contribution in [0.5, 0.6) is 0 Å². The molecule has 0 saturated heterocycles. The topological polar surface area (TPSA) is 17.8 Å². The van der Waals surface area contributed by atoms with Crippen molar-refractivity contribution in [2.45, 2.75) is 0 Å². The van der Waals surface area contributed by atoms with E-state index < -0.39 is 0 Å². The molecule has 0 aliphatic carbocycles. The molecule has 2 aromatic heterocycles. The number of fused-ring (bicyclic) bond motifs is 3.